The van der Waals surface area contributed by atoms with Crippen molar-refractivity contribution in [2.75, 3.05) is 5.73 Å². The van der Waals surface area contributed by atoms with Crippen LogP contribution in [0.5, 0.6) is 0 Å². The van der Waals surface area contributed by atoms with Crippen LogP contribution in [-0.4, -0.2) is 5.16 Å². The second-order valence-corrected chi connectivity index (χ2v) is 5.68. The topological polar surface area (TPSA) is 52.0 Å². The monoisotopic (exact) mass is 264 g/mol. The number of benzene rings is 1. The average Bonchev–Trinajstić information content (AvgIpc) is 2.78. The number of hydrogen-bond donors (Lipinski definition) is 1. The van der Waals surface area contributed by atoms with Crippen LogP contribution in [0.3, 0.4) is 0 Å². The highest BCUT2D eigenvalue weighted by Gasteiger charge is 2.50. The highest BCUT2D eigenvalue weighted by Crippen LogP contribution is 2.60. The number of hydrogen-bond acceptors (Lipinski definition) is 3. The van der Waals surface area contributed by atoms with E-state index in [1.165, 1.54) is 12.1 Å². The second-order valence-electron chi connectivity index (χ2n) is 5.68. The zero-order chi connectivity index (χ0) is 13.8. The van der Waals surface area contributed by atoms with Gasteiger partial charge in [-0.3, -0.25) is 0 Å². The summed E-state index contributed by atoms with van der Waals surface area (Å²) in [5, 5.41) is 3.73. The van der Waals surface area contributed by atoms with Gasteiger partial charge < -0.3 is 10.3 Å². The fourth-order valence-corrected chi connectivity index (χ4v) is 2.43. The molecular weight excluding hydrogens is 250 g/mol. The molecule has 2 aromatic rings. The van der Waals surface area contributed by atoms with E-state index in [-0.39, 0.29) is 22.7 Å². The molecule has 5 heteroatoms. The maximum Gasteiger partial charge on any atom is 0.175 e. The van der Waals surface area contributed by atoms with Crippen LogP contribution in [0.15, 0.2) is 22.7 Å². The Hall–Kier alpha value is -1.91. The second kappa shape index (κ2) is 3.79. The van der Waals surface area contributed by atoms with Gasteiger partial charge in [0.1, 0.15) is 11.6 Å². The van der Waals surface area contributed by atoms with Gasteiger partial charge in [0.25, 0.3) is 0 Å². The van der Waals surface area contributed by atoms with E-state index in [0.29, 0.717) is 11.3 Å². The minimum absolute atomic E-state index is 0.108. The Balaban J connectivity index is 2.12. The molecule has 1 aliphatic carbocycles. The normalized spacial score (nSPS) is 20.5. The smallest absolute Gasteiger partial charge is 0.175 e. The third kappa shape index (κ3) is 1.89. The fraction of sp³-hybridized carbons (Fsp3) is 0.357. The summed E-state index contributed by atoms with van der Waals surface area (Å²) in [6.07, 6.45) is 0.942. The maximum absolute atomic E-state index is 13.9. The SMILES string of the molecule is CC1(C)CC1c1onc(N)c1-c1ccc(F)cc1F. The van der Waals surface area contributed by atoms with Gasteiger partial charge in [-0.05, 0) is 24.0 Å². The quantitative estimate of drug-likeness (QED) is 0.899. The van der Waals surface area contributed by atoms with Crippen LogP contribution in [0.25, 0.3) is 11.1 Å². The molecule has 1 saturated carbocycles. The Labute approximate surface area is 109 Å². The molecule has 0 aliphatic heterocycles. The Kier molecular flexibility index (Phi) is 2.42. The molecule has 1 aromatic carbocycles. The van der Waals surface area contributed by atoms with Crippen molar-refractivity contribution in [3.05, 3.63) is 35.6 Å². The van der Waals surface area contributed by atoms with Crippen LogP contribution >= 0.6 is 0 Å². The first-order valence-electron chi connectivity index (χ1n) is 6.10. The van der Waals surface area contributed by atoms with Crippen molar-refractivity contribution in [2.45, 2.75) is 26.2 Å². The predicted octanol–water partition coefficient (Wildman–Crippen LogP) is 3.72. The third-order valence-corrected chi connectivity index (χ3v) is 3.78. The molecule has 0 bridgehead atoms. The van der Waals surface area contributed by atoms with Gasteiger partial charge in [0, 0.05) is 17.5 Å². The lowest BCUT2D eigenvalue weighted by molar-refractivity contribution is 0.376. The molecule has 0 spiro atoms. The lowest BCUT2D eigenvalue weighted by Crippen LogP contribution is -1.95. The Morgan fingerprint density at radius 3 is 2.63 bits per heavy atom. The van der Waals surface area contributed by atoms with Crippen molar-refractivity contribution in [3.8, 4) is 11.1 Å². The van der Waals surface area contributed by atoms with E-state index in [1.54, 1.807) is 0 Å². The minimum atomic E-state index is -0.658. The van der Waals surface area contributed by atoms with Crippen LogP contribution in [0, 0.1) is 17.0 Å². The van der Waals surface area contributed by atoms with E-state index in [2.05, 4.69) is 19.0 Å². The Bertz CT molecular complexity index is 649. The number of halogens is 2. The highest BCUT2D eigenvalue weighted by atomic mass is 19.1. The van der Waals surface area contributed by atoms with Gasteiger partial charge >= 0.3 is 0 Å². The molecule has 0 saturated heterocycles. The summed E-state index contributed by atoms with van der Waals surface area (Å²) in [5.41, 5.74) is 6.56. The molecule has 1 heterocycles. The van der Waals surface area contributed by atoms with E-state index in [0.717, 1.165) is 12.5 Å². The van der Waals surface area contributed by atoms with Crippen LogP contribution in [0.4, 0.5) is 14.6 Å². The number of rotatable bonds is 2. The summed E-state index contributed by atoms with van der Waals surface area (Å²) in [6.45, 7) is 4.20. The van der Waals surface area contributed by atoms with Crippen LogP contribution in [0.2, 0.25) is 0 Å². The summed E-state index contributed by atoms with van der Waals surface area (Å²) in [7, 11) is 0. The summed E-state index contributed by atoms with van der Waals surface area (Å²) < 4.78 is 32.1. The molecule has 3 nitrogen and oxygen atoms in total. The van der Waals surface area contributed by atoms with Crippen LogP contribution < -0.4 is 5.73 Å². The molecule has 1 unspecified atom stereocenters. The van der Waals surface area contributed by atoms with Gasteiger partial charge in [-0.15, -0.1) is 0 Å². The Morgan fingerprint density at radius 1 is 1.37 bits per heavy atom. The summed E-state index contributed by atoms with van der Waals surface area (Å²) in [5.74, 6) is -0.368. The molecule has 2 N–H and O–H groups in total. The van der Waals surface area contributed by atoms with Crippen molar-refractivity contribution in [1.29, 1.82) is 0 Å². The Morgan fingerprint density at radius 2 is 2.05 bits per heavy atom. The maximum atomic E-state index is 13.9. The van der Waals surface area contributed by atoms with Crippen molar-refractivity contribution >= 4 is 5.82 Å². The zero-order valence-corrected chi connectivity index (χ0v) is 10.7. The van der Waals surface area contributed by atoms with Gasteiger partial charge in [0.2, 0.25) is 0 Å². The predicted molar refractivity (Wildman–Crippen MR) is 67.4 cm³/mol. The molecule has 1 atom stereocenters. The van der Waals surface area contributed by atoms with Crippen LogP contribution in [0.1, 0.15) is 31.9 Å². The molecule has 19 heavy (non-hydrogen) atoms. The standard InChI is InChI=1S/C14H14F2N2O/c1-14(2)6-9(14)12-11(13(17)18-19-12)8-4-3-7(15)5-10(8)16/h3-5,9H,6H2,1-2H3,(H2,17,18). The van der Waals surface area contributed by atoms with Crippen molar-refractivity contribution in [3.63, 3.8) is 0 Å². The molecule has 3 rings (SSSR count). The molecule has 1 fully saturated rings. The van der Waals surface area contributed by atoms with Crippen molar-refractivity contribution in [1.82, 2.24) is 5.16 Å². The first kappa shape index (κ1) is 12.1. The molecule has 0 amide bonds. The summed E-state index contributed by atoms with van der Waals surface area (Å²) in [4.78, 5) is 0. The summed E-state index contributed by atoms with van der Waals surface area (Å²) in [6, 6.07) is 3.41. The first-order valence-corrected chi connectivity index (χ1v) is 6.10. The third-order valence-electron chi connectivity index (χ3n) is 3.78. The van der Waals surface area contributed by atoms with Gasteiger partial charge in [0.15, 0.2) is 11.6 Å². The highest BCUT2D eigenvalue weighted by molar-refractivity contribution is 5.77. The number of anilines is 1. The summed E-state index contributed by atoms with van der Waals surface area (Å²) >= 11 is 0. The number of nitrogens with two attached hydrogens (primary N) is 1. The van der Waals surface area contributed by atoms with Gasteiger partial charge in [-0.25, -0.2) is 8.78 Å². The largest absolute Gasteiger partial charge is 0.380 e. The van der Waals surface area contributed by atoms with Crippen molar-refractivity contribution < 1.29 is 13.3 Å². The molecule has 100 valence electrons. The average molecular weight is 264 g/mol. The number of nitrogens with zero attached hydrogens (tertiary/aromatic N) is 1. The van der Waals surface area contributed by atoms with Gasteiger partial charge in [0.05, 0.1) is 5.56 Å². The number of aromatic nitrogens is 1. The lowest BCUT2D eigenvalue weighted by Gasteiger charge is -2.05. The van der Waals surface area contributed by atoms with Gasteiger partial charge in [-0.2, -0.15) is 0 Å². The molecule has 1 aromatic heterocycles. The first-order chi connectivity index (χ1) is 8.90. The molecule has 1 aliphatic rings. The van der Waals surface area contributed by atoms with Crippen LogP contribution in [-0.2, 0) is 0 Å². The zero-order valence-electron chi connectivity index (χ0n) is 10.7. The van der Waals surface area contributed by atoms with E-state index in [9.17, 15) is 8.78 Å². The lowest BCUT2D eigenvalue weighted by atomic mass is 10.00. The molecule has 0 radical (unpaired) electrons. The van der Waals surface area contributed by atoms with E-state index < -0.39 is 11.6 Å². The van der Waals surface area contributed by atoms with Crippen molar-refractivity contribution in [2.24, 2.45) is 5.41 Å². The minimum Gasteiger partial charge on any atom is -0.380 e. The van der Waals surface area contributed by atoms with Gasteiger partial charge in [-0.1, -0.05) is 19.0 Å². The molecular formula is C14H14F2N2O. The number of nitrogen functional groups attached to an aromatic ring is 1. The van der Waals surface area contributed by atoms with E-state index in [4.69, 9.17) is 10.3 Å². The fourth-order valence-electron chi connectivity index (χ4n) is 2.43. The van der Waals surface area contributed by atoms with E-state index in [1.807, 2.05) is 0 Å². The van der Waals surface area contributed by atoms with E-state index >= 15 is 0 Å².